The number of carbonyl (C=O) groups excluding carboxylic acids is 1. The number of nitrogens with two attached hydrogens (primary N) is 1. The predicted molar refractivity (Wildman–Crippen MR) is 46.9 cm³/mol. The van der Waals surface area contributed by atoms with Crippen molar-refractivity contribution in [3.63, 3.8) is 0 Å². The van der Waals surface area contributed by atoms with E-state index >= 15 is 0 Å². The predicted octanol–water partition coefficient (Wildman–Crippen LogP) is 0.821. The molecule has 0 unspecified atom stereocenters. The topological polar surface area (TPSA) is 52.3 Å². The van der Waals surface area contributed by atoms with Crippen LogP contribution in [0.4, 0.5) is 0 Å². The van der Waals surface area contributed by atoms with Crippen molar-refractivity contribution < 1.29 is 9.53 Å². The number of ether oxygens (including phenoxy) is 1. The van der Waals surface area contributed by atoms with Gasteiger partial charge in [0, 0.05) is 5.54 Å². The standard InChI is InChI=1S/C10H15NO2/c1-13-7(12)8-4-9(5-8,6-8)10(11)2-3-10/h2-6,11H2,1H3. The van der Waals surface area contributed by atoms with Crippen molar-refractivity contribution in [1.82, 2.24) is 0 Å². The smallest absolute Gasteiger partial charge is 0.311 e. The Morgan fingerprint density at radius 2 is 1.85 bits per heavy atom. The molecule has 0 amide bonds. The summed E-state index contributed by atoms with van der Waals surface area (Å²) in [6.45, 7) is 0. The van der Waals surface area contributed by atoms with Gasteiger partial charge in [0.1, 0.15) is 0 Å². The lowest BCUT2D eigenvalue weighted by molar-refractivity contribution is -0.236. The van der Waals surface area contributed by atoms with E-state index < -0.39 is 0 Å². The first-order valence-corrected chi connectivity index (χ1v) is 4.93. The largest absolute Gasteiger partial charge is 0.469 e. The first kappa shape index (κ1) is 7.80. The molecule has 0 aromatic rings. The average Bonchev–Trinajstić information content (AvgIpc) is 2.62. The number of methoxy groups -OCH3 is 1. The molecule has 4 saturated carbocycles. The summed E-state index contributed by atoms with van der Waals surface area (Å²) in [5, 5.41) is 0. The average molecular weight is 181 g/mol. The van der Waals surface area contributed by atoms with Crippen LogP contribution in [0.5, 0.6) is 0 Å². The van der Waals surface area contributed by atoms with Gasteiger partial charge in [-0.3, -0.25) is 4.79 Å². The van der Waals surface area contributed by atoms with Crippen molar-refractivity contribution in [3.8, 4) is 0 Å². The summed E-state index contributed by atoms with van der Waals surface area (Å²) in [6, 6.07) is 0. The maximum absolute atomic E-state index is 11.4. The maximum Gasteiger partial charge on any atom is 0.311 e. The Labute approximate surface area is 77.6 Å². The lowest BCUT2D eigenvalue weighted by Crippen LogP contribution is -2.72. The van der Waals surface area contributed by atoms with Crippen LogP contribution >= 0.6 is 0 Å². The van der Waals surface area contributed by atoms with Gasteiger partial charge in [-0.15, -0.1) is 0 Å². The maximum atomic E-state index is 11.4. The molecule has 0 heterocycles. The summed E-state index contributed by atoms with van der Waals surface area (Å²) in [4.78, 5) is 11.4. The molecular weight excluding hydrogens is 166 g/mol. The molecule has 0 radical (unpaired) electrons. The van der Waals surface area contributed by atoms with Crippen LogP contribution in [-0.4, -0.2) is 18.6 Å². The van der Waals surface area contributed by atoms with E-state index in [-0.39, 0.29) is 16.9 Å². The minimum Gasteiger partial charge on any atom is -0.469 e. The van der Waals surface area contributed by atoms with E-state index in [2.05, 4.69) is 0 Å². The Bertz CT molecular complexity index is 274. The Morgan fingerprint density at radius 1 is 1.31 bits per heavy atom. The van der Waals surface area contributed by atoms with Crippen LogP contribution in [0, 0.1) is 10.8 Å². The van der Waals surface area contributed by atoms with Gasteiger partial charge in [-0.1, -0.05) is 0 Å². The van der Waals surface area contributed by atoms with Gasteiger partial charge < -0.3 is 10.5 Å². The van der Waals surface area contributed by atoms with Crippen LogP contribution in [0.2, 0.25) is 0 Å². The van der Waals surface area contributed by atoms with Crippen LogP contribution < -0.4 is 5.73 Å². The summed E-state index contributed by atoms with van der Waals surface area (Å²) in [5.74, 6) is -0.0152. The molecule has 72 valence electrons. The highest BCUT2D eigenvalue weighted by atomic mass is 16.5. The van der Waals surface area contributed by atoms with E-state index in [1.54, 1.807) is 0 Å². The molecule has 0 saturated heterocycles. The third-order valence-electron chi connectivity index (χ3n) is 4.49. The van der Waals surface area contributed by atoms with Crippen molar-refractivity contribution in [2.45, 2.75) is 37.6 Å². The minimum absolute atomic E-state index is 0.0152. The highest BCUT2D eigenvalue weighted by Crippen LogP contribution is 2.80. The summed E-state index contributed by atoms with van der Waals surface area (Å²) in [7, 11) is 1.48. The second kappa shape index (κ2) is 1.78. The molecule has 4 aliphatic carbocycles. The third kappa shape index (κ3) is 0.654. The summed E-state index contributed by atoms with van der Waals surface area (Å²) < 4.78 is 4.79. The molecule has 2 bridgehead atoms. The molecule has 0 aliphatic heterocycles. The highest BCUT2D eigenvalue weighted by molar-refractivity contribution is 5.81. The molecule has 4 fully saturated rings. The van der Waals surface area contributed by atoms with Crippen LogP contribution in [0.1, 0.15) is 32.1 Å². The Hall–Kier alpha value is -0.570. The molecular formula is C10H15NO2. The summed E-state index contributed by atoms with van der Waals surface area (Å²) in [6.07, 6.45) is 5.28. The Kier molecular flexibility index (Phi) is 1.07. The fraction of sp³-hybridized carbons (Fsp3) is 0.900. The second-order valence-electron chi connectivity index (χ2n) is 5.24. The molecule has 13 heavy (non-hydrogen) atoms. The zero-order valence-corrected chi connectivity index (χ0v) is 7.93. The highest BCUT2D eigenvalue weighted by Gasteiger charge is 2.79. The molecule has 0 spiro atoms. The third-order valence-corrected chi connectivity index (χ3v) is 4.49. The molecule has 4 rings (SSSR count). The second-order valence-corrected chi connectivity index (χ2v) is 5.24. The van der Waals surface area contributed by atoms with Crippen molar-refractivity contribution in [2.75, 3.05) is 7.11 Å². The summed E-state index contributed by atoms with van der Waals surface area (Å²) in [5.41, 5.74) is 6.50. The summed E-state index contributed by atoms with van der Waals surface area (Å²) >= 11 is 0. The van der Waals surface area contributed by atoms with E-state index in [1.165, 1.54) is 7.11 Å². The van der Waals surface area contributed by atoms with Gasteiger partial charge in [0.05, 0.1) is 12.5 Å². The van der Waals surface area contributed by atoms with E-state index in [0.29, 0.717) is 5.41 Å². The number of hydrogen-bond donors (Lipinski definition) is 1. The normalized spacial score (nSPS) is 48.8. The zero-order valence-electron chi connectivity index (χ0n) is 7.93. The van der Waals surface area contributed by atoms with Crippen LogP contribution in [-0.2, 0) is 9.53 Å². The van der Waals surface area contributed by atoms with Crippen molar-refractivity contribution in [3.05, 3.63) is 0 Å². The van der Waals surface area contributed by atoms with E-state index in [1.807, 2.05) is 0 Å². The van der Waals surface area contributed by atoms with Gasteiger partial charge in [-0.2, -0.15) is 0 Å². The first-order valence-electron chi connectivity index (χ1n) is 4.93. The zero-order chi connectivity index (χ0) is 9.32. The van der Waals surface area contributed by atoms with E-state index in [9.17, 15) is 4.79 Å². The molecule has 3 heteroatoms. The Morgan fingerprint density at radius 3 is 2.23 bits per heavy atom. The SMILES string of the molecule is COC(=O)C12CC(C3(N)CC3)(C1)C2. The van der Waals surface area contributed by atoms with Gasteiger partial charge in [-0.05, 0) is 37.5 Å². The molecule has 0 aromatic heterocycles. The number of esters is 1. The lowest BCUT2D eigenvalue weighted by atomic mass is 9.32. The fourth-order valence-corrected chi connectivity index (χ4v) is 3.41. The molecule has 4 aliphatic rings. The van der Waals surface area contributed by atoms with Crippen molar-refractivity contribution >= 4 is 5.97 Å². The first-order chi connectivity index (χ1) is 6.06. The molecule has 2 N–H and O–H groups in total. The van der Waals surface area contributed by atoms with Crippen molar-refractivity contribution in [2.24, 2.45) is 16.6 Å². The van der Waals surface area contributed by atoms with Crippen molar-refractivity contribution in [1.29, 1.82) is 0 Å². The van der Waals surface area contributed by atoms with E-state index in [0.717, 1.165) is 32.1 Å². The minimum atomic E-state index is -0.107. The van der Waals surface area contributed by atoms with Gasteiger partial charge in [0.15, 0.2) is 0 Å². The molecule has 3 nitrogen and oxygen atoms in total. The fourth-order valence-electron chi connectivity index (χ4n) is 3.41. The molecule has 0 atom stereocenters. The number of hydrogen-bond acceptors (Lipinski definition) is 3. The number of rotatable bonds is 2. The van der Waals surface area contributed by atoms with Gasteiger partial charge in [0.25, 0.3) is 0 Å². The van der Waals surface area contributed by atoms with E-state index in [4.69, 9.17) is 10.5 Å². The van der Waals surface area contributed by atoms with Gasteiger partial charge >= 0.3 is 5.97 Å². The quantitative estimate of drug-likeness (QED) is 0.642. The Balaban J connectivity index is 1.73. The molecule has 0 aromatic carbocycles. The van der Waals surface area contributed by atoms with Gasteiger partial charge in [-0.25, -0.2) is 0 Å². The van der Waals surface area contributed by atoms with Crippen LogP contribution in [0.15, 0.2) is 0 Å². The van der Waals surface area contributed by atoms with Crippen LogP contribution in [0.25, 0.3) is 0 Å². The monoisotopic (exact) mass is 181 g/mol. The van der Waals surface area contributed by atoms with Gasteiger partial charge in [0.2, 0.25) is 0 Å². The van der Waals surface area contributed by atoms with Crippen LogP contribution in [0.3, 0.4) is 0 Å². The number of carbonyl (C=O) groups is 1. The lowest BCUT2D eigenvalue weighted by Gasteiger charge is -2.71.